The maximum atomic E-state index is 13.0. The Kier molecular flexibility index (Phi) is 4.81. The summed E-state index contributed by atoms with van der Waals surface area (Å²) in [5, 5.41) is 12.8. The average Bonchev–Trinajstić information content (AvgIpc) is 3.14. The second-order valence-electron chi connectivity index (χ2n) is 8.63. The molecule has 4 aromatic rings. The van der Waals surface area contributed by atoms with Crippen LogP contribution in [0, 0.1) is 5.92 Å². The molecule has 1 N–H and O–H groups in total. The molecule has 2 unspecified atom stereocenters. The van der Waals surface area contributed by atoms with Gasteiger partial charge < -0.3 is 4.98 Å². The van der Waals surface area contributed by atoms with Gasteiger partial charge in [0.1, 0.15) is 10.7 Å². The third kappa shape index (κ3) is 3.47. The molecule has 9 heteroatoms. The van der Waals surface area contributed by atoms with E-state index in [1.807, 2.05) is 6.07 Å². The van der Waals surface area contributed by atoms with Crippen LogP contribution >= 0.6 is 34.4 Å². The van der Waals surface area contributed by atoms with Crippen molar-refractivity contribution >= 4 is 44.7 Å². The fourth-order valence-electron chi connectivity index (χ4n) is 4.37. The first-order valence-corrected chi connectivity index (χ1v) is 13.4. The van der Waals surface area contributed by atoms with Gasteiger partial charge in [0.25, 0.3) is 5.56 Å². The molecule has 0 saturated heterocycles. The van der Waals surface area contributed by atoms with E-state index in [0.717, 1.165) is 51.2 Å². The molecule has 2 atom stereocenters. The average molecular weight is 470 g/mol. The maximum Gasteiger partial charge on any atom is 0.259 e. The van der Waals surface area contributed by atoms with Crippen LogP contribution in [0.4, 0.5) is 0 Å². The first-order chi connectivity index (χ1) is 15.1. The SMILES string of the molecule is CC1CCc2c(sc3nc(C(C)Sc4nnc(-c5cccs5)n4C4CC4)[nH]c(=O)c23)C1. The highest BCUT2D eigenvalue weighted by Crippen LogP contribution is 2.44. The van der Waals surface area contributed by atoms with Crippen LogP contribution in [-0.4, -0.2) is 24.7 Å². The molecule has 1 fully saturated rings. The predicted molar refractivity (Wildman–Crippen MR) is 127 cm³/mol. The zero-order valence-corrected chi connectivity index (χ0v) is 19.9. The van der Waals surface area contributed by atoms with E-state index >= 15 is 0 Å². The lowest BCUT2D eigenvalue weighted by molar-refractivity contribution is 0.509. The van der Waals surface area contributed by atoms with Gasteiger partial charge in [-0.3, -0.25) is 9.36 Å². The molecule has 0 aliphatic heterocycles. The Labute approximate surface area is 192 Å². The number of hydrogen-bond donors (Lipinski definition) is 1. The van der Waals surface area contributed by atoms with Gasteiger partial charge in [-0.05, 0) is 62.0 Å². The molecule has 0 spiro atoms. The van der Waals surface area contributed by atoms with E-state index in [-0.39, 0.29) is 10.8 Å². The molecule has 160 valence electrons. The number of thioether (sulfide) groups is 1. The van der Waals surface area contributed by atoms with Crippen LogP contribution in [-0.2, 0) is 12.8 Å². The van der Waals surface area contributed by atoms with Crippen molar-refractivity contribution in [3.63, 3.8) is 0 Å². The molecule has 2 aliphatic rings. The number of thiophene rings is 2. The third-order valence-electron chi connectivity index (χ3n) is 6.17. The zero-order valence-electron chi connectivity index (χ0n) is 17.4. The Morgan fingerprint density at radius 1 is 1.29 bits per heavy atom. The Morgan fingerprint density at radius 3 is 2.94 bits per heavy atom. The molecule has 6 nitrogen and oxygen atoms in total. The maximum absolute atomic E-state index is 13.0. The van der Waals surface area contributed by atoms with Gasteiger partial charge >= 0.3 is 0 Å². The van der Waals surface area contributed by atoms with Crippen molar-refractivity contribution < 1.29 is 0 Å². The number of rotatable bonds is 5. The monoisotopic (exact) mass is 469 g/mol. The second-order valence-corrected chi connectivity index (χ2v) is 12.0. The summed E-state index contributed by atoms with van der Waals surface area (Å²) in [5.41, 5.74) is 1.23. The number of aromatic amines is 1. The number of nitrogens with zero attached hydrogens (tertiary/aromatic N) is 4. The number of nitrogens with one attached hydrogen (secondary N) is 1. The molecular weight excluding hydrogens is 446 g/mol. The van der Waals surface area contributed by atoms with Crippen LogP contribution in [0.5, 0.6) is 0 Å². The fourth-order valence-corrected chi connectivity index (χ4v) is 7.44. The van der Waals surface area contributed by atoms with E-state index in [2.05, 4.69) is 45.0 Å². The quantitative estimate of drug-likeness (QED) is 0.384. The van der Waals surface area contributed by atoms with Crippen molar-refractivity contribution in [1.82, 2.24) is 24.7 Å². The van der Waals surface area contributed by atoms with Crippen LogP contribution in [0.2, 0.25) is 0 Å². The number of H-pyrrole nitrogens is 1. The van der Waals surface area contributed by atoms with Crippen LogP contribution in [0.1, 0.15) is 60.7 Å². The Morgan fingerprint density at radius 2 is 2.16 bits per heavy atom. The standard InChI is InChI=1S/C22H23N5OS3/c1-11-5-8-14-16(10-11)31-21-17(14)20(28)23-18(24-21)12(2)30-22-26-25-19(15-4-3-9-29-15)27(22)13-6-7-13/h3-4,9,11-13H,5-8,10H2,1-2H3,(H,23,24,28). The predicted octanol–water partition coefficient (Wildman–Crippen LogP) is 5.62. The summed E-state index contributed by atoms with van der Waals surface area (Å²) in [6.07, 6.45) is 5.53. The minimum absolute atomic E-state index is 0.00226. The van der Waals surface area contributed by atoms with Crippen molar-refractivity contribution in [2.24, 2.45) is 5.92 Å². The van der Waals surface area contributed by atoms with Crippen LogP contribution < -0.4 is 5.56 Å². The molecular formula is C22H23N5OS3. The summed E-state index contributed by atoms with van der Waals surface area (Å²) in [7, 11) is 0. The highest BCUT2D eigenvalue weighted by molar-refractivity contribution is 7.99. The van der Waals surface area contributed by atoms with E-state index < -0.39 is 0 Å². The van der Waals surface area contributed by atoms with Crippen LogP contribution in [0.25, 0.3) is 20.9 Å². The summed E-state index contributed by atoms with van der Waals surface area (Å²) in [6.45, 7) is 4.37. The molecule has 0 radical (unpaired) electrons. The summed E-state index contributed by atoms with van der Waals surface area (Å²) >= 11 is 5.02. The number of aromatic nitrogens is 5. The number of fused-ring (bicyclic) bond motifs is 3. The molecule has 4 heterocycles. The van der Waals surface area contributed by atoms with Gasteiger partial charge in [-0.1, -0.05) is 24.8 Å². The van der Waals surface area contributed by atoms with Gasteiger partial charge in [0.2, 0.25) is 0 Å². The highest BCUT2D eigenvalue weighted by Gasteiger charge is 2.31. The van der Waals surface area contributed by atoms with Gasteiger partial charge in [0.05, 0.1) is 15.5 Å². The Balaban J connectivity index is 1.34. The third-order valence-corrected chi connectivity index (χ3v) is 9.25. The first-order valence-electron chi connectivity index (χ1n) is 10.8. The first kappa shape index (κ1) is 19.7. The van der Waals surface area contributed by atoms with Crippen molar-refractivity contribution in [1.29, 1.82) is 0 Å². The summed E-state index contributed by atoms with van der Waals surface area (Å²) < 4.78 is 2.27. The zero-order chi connectivity index (χ0) is 21.1. The van der Waals surface area contributed by atoms with Crippen molar-refractivity contribution in [3.05, 3.63) is 44.1 Å². The number of aryl methyl sites for hydroxylation is 1. The molecule has 31 heavy (non-hydrogen) atoms. The smallest absolute Gasteiger partial charge is 0.259 e. The van der Waals surface area contributed by atoms with Gasteiger partial charge in [0, 0.05) is 10.9 Å². The van der Waals surface area contributed by atoms with Crippen LogP contribution in [0.3, 0.4) is 0 Å². The van der Waals surface area contributed by atoms with E-state index in [0.29, 0.717) is 12.0 Å². The lowest BCUT2D eigenvalue weighted by Crippen LogP contribution is -2.15. The van der Waals surface area contributed by atoms with Gasteiger partial charge in [-0.15, -0.1) is 32.9 Å². The van der Waals surface area contributed by atoms with Crippen molar-refractivity contribution in [3.8, 4) is 10.7 Å². The number of hydrogen-bond acceptors (Lipinski definition) is 7. The van der Waals surface area contributed by atoms with Crippen molar-refractivity contribution in [2.75, 3.05) is 0 Å². The Bertz CT molecular complexity index is 1320. The van der Waals surface area contributed by atoms with Gasteiger partial charge in [0.15, 0.2) is 11.0 Å². The molecule has 0 amide bonds. The van der Waals surface area contributed by atoms with Crippen LogP contribution in [0.15, 0.2) is 27.5 Å². The molecule has 4 aromatic heterocycles. The highest BCUT2D eigenvalue weighted by atomic mass is 32.2. The lowest BCUT2D eigenvalue weighted by atomic mass is 9.89. The summed E-state index contributed by atoms with van der Waals surface area (Å²) in [6, 6.07) is 4.62. The minimum Gasteiger partial charge on any atom is -0.309 e. The van der Waals surface area contributed by atoms with E-state index in [9.17, 15) is 4.79 Å². The largest absolute Gasteiger partial charge is 0.309 e. The van der Waals surface area contributed by atoms with Gasteiger partial charge in [-0.2, -0.15) is 0 Å². The van der Waals surface area contributed by atoms with E-state index in [1.54, 1.807) is 34.4 Å². The minimum atomic E-state index is -0.0203. The molecule has 1 saturated carbocycles. The molecule has 0 aromatic carbocycles. The van der Waals surface area contributed by atoms with E-state index in [4.69, 9.17) is 4.98 Å². The fraction of sp³-hybridized carbons (Fsp3) is 0.455. The lowest BCUT2D eigenvalue weighted by Gasteiger charge is -2.17. The van der Waals surface area contributed by atoms with Gasteiger partial charge in [-0.25, -0.2) is 4.98 Å². The molecule has 6 rings (SSSR count). The van der Waals surface area contributed by atoms with E-state index in [1.165, 1.54) is 23.3 Å². The van der Waals surface area contributed by atoms with Crippen molar-refractivity contribution in [2.45, 2.75) is 62.4 Å². The Hall–Kier alpha value is -1.97. The molecule has 0 bridgehead atoms. The summed E-state index contributed by atoms with van der Waals surface area (Å²) in [5.74, 6) is 2.35. The molecule has 2 aliphatic carbocycles. The summed E-state index contributed by atoms with van der Waals surface area (Å²) in [4.78, 5) is 24.3. The second kappa shape index (κ2) is 7.56. The normalized spacial score (nSPS) is 19.6. The topological polar surface area (TPSA) is 76.5 Å².